The second-order valence-corrected chi connectivity index (χ2v) is 10.2. The minimum Gasteiger partial charge on any atom is -0.324 e. The Morgan fingerprint density at radius 1 is 0.741 bits per heavy atom. The molecule has 0 aromatic heterocycles. The molecule has 0 saturated carbocycles. The highest BCUT2D eigenvalue weighted by atomic mass is 32.2. The fraction of sp³-hybridized carbons (Fsp3) is 1.00. The van der Waals surface area contributed by atoms with Crippen LogP contribution in [0.25, 0.3) is 0 Å². The first-order chi connectivity index (χ1) is 12.8. The lowest BCUT2D eigenvalue weighted by molar-refractivity contribution is -0.923. The minimum atomic E-state index is -3.12. The summed E-state index contributed by atoms with van der Waals surface area (Å²) in [6.07, 6.45) is 12.9. The van der Waals surface area contributed by atoms with Crippen LogP contribution in [-0.4, -0.2) is 50.9 Å². The van der Waals surface area contributed by atoms with Gasteiger partial charge in [-0.2, -0.15) is 0 Å². The van der Waals surface area contributed by atoms with E-state index in [9.17, 15) is 8.42 Å². The fourth-order valence-electron chi connectivity index (χ4n) is 3.91. The van der Waals surface area contributed by atoms with E-state index in [-0.39, 0.29) is 11.8 Å². The molecule has 27 heavy (non-hydrogen) atoms. The lowest BCUT2D eigenvalue weighted by Gasteiger charge is -2.36. The van der Waals surface area contributed by atoms with E-state index >= 15 is 0 Å². The third-order valence-electron chi connectivity index (χ3n) is 6.18. The Morgan fingerprint density at radius 2 is 1.22 bits per heavy atom. The molecule has 0 aliphatic rings. The van der Waals surface area contributed by atoms with Crippen LogP contribution in [0.5, 0.6) is 0 Å². The molecule has 5 heteroatoms. The third-order valence-corrected chi connectivity index (χ3v) is 7.77. The average Bonchev–Trinajstić information content (AvgIpc) is 2.64. The molecule has 0 aromatic rings. The average molecular weight is 406 g/mol. The number of hydrogen-bond acceptors (Lipinski definition) is 2. The Kier molecular flexibility index (Phi) is 15.7. The minimum absolute atomic E-state index is 0.0426. The van der Waals surface area contributed by atoms with Gasteiger partial charge in [-0.15, -0.1) is 0 Å². The highest BCUT2D eigenvalue weighted by molar-refractivity contribution is 7.89. The molecule has 0 aromatic carbocycles. The van der Waals surface area contributed by atoms with Gasteiger partial charge in [-0.3, -0.25) is 0 Å². The zero-order valence-electron chi connectivity index (χ0n) is 19.1. The van der Waals surface area contributed by atoms with Crippen LogP contribution in [0.15, 0.2) is 0 Å². The van der Waals surface area contributed by atoms with Crippen LogP contribution in [0.1, 0.15) is 105 Å². The van der Waals surface area contributed by atoms with Crippen LogP contribution in [0.4, 0.5) is 0 Å². The van der Waals surface area contributed by atoms with Gasteiger partial charge in [0.1, 0.15) is 0 Å². The number of nitrogens with one attached hydrogen (secondary N) is 1. The van der Waals surface area contributed by atoms with Gasteiger partial charge in [0.2, 0.25) is 10.0 Å². The quantitative estimate of drug-likeness (QED) is 0.228. The van der Waals surface area contributed by atoms with Gasteiger partial charge < -0.3 is 4.48 Å². The summed E-state index contributed by atoms with van der Waals surface area (Å²) in [5.74, 6) is 0.284. The van der Waals surface area contributed by atoms with E-state index in [0.717, 1.165) is 56.3 Å². The molecule has 0 bridgehead atoms. The van der Waals surface area contributed by atoms with E-state index in [1.54, 1.807) is 0 Å². The topological polar surface area (TPSA) is 46.2 Å². The molecule has 4 nitrogen and oxygen atoms in total. The summed E-state index contributed by atoms with van der Waals surface area (Å²) in [5.41, 5.74) is 0. The van der Waals surface area contributed by atoms with Gasteiger partial charge in [-0.1, -0.05) is 58.3 Å². The monoisotopic (exact) mass is 405 g/mol. The smallest absolute Gasteiger partial charge is 0.211 e. The first kappa shape index (κ1) is 26.9. The summed E-state index contributed by atoms with van der Waals surface area (Å²) in [6.45, 7) is 15.6. The summed E-state index contributed by atoms with van der Waals surface area (Å²) in [6, 6.07) is 0.0426. The van der Waals surface area contributed by atoms with Gasteiger partial charge in [0.05, 0.1) is 31.9 Å². The van der Waals surface area contributed by atoms with Crippen LogP contribution >= 0.6 is 0 Å². The van der Waals surface area contributed by atoms with E-state index in [1.807, 2.05) is 6.92 Å². The van der Waals surface area contributed by atoms with Crippen LogP contribution in [-0.2, 0) is 10.0 Å². The Hall–Kier alpha value is -0.130. The maximum Gasteiger partial charge on any atom is 0.211 e. The summed E-state index contributed by atoms with van der Waals surface area (Å²) in [4.78, 5) is 0. The van der Waals surface area contributed by atoms with Gasteiger partial charge in [0, 0.05) is 6.04 Å². The van der Waals surface area contributed by atoms with Gasteiger partial charge in [-0.25, -0.2) is 13.1 Å². The number of rotatable bonds is 19. The summed E-state index contributed by atoms with van der Waals surface area (Å²) < 4.78 is 28.5. The largest absolute Gasteiger partial charge is 0.324 e. The maximum absolute atomic E-state index is 12.3. The van der Waals surface area contributed by atoms with Crippen molar-refractivity contribution >= 4 is 10.0 Å². The molecule has 1 N–H and O–H groups in total. The molecule has 0 aliphatic heterocycles. The second-order valence-electron chi connectivity index (χ2n) is 8.32. The number of hydrogen-bond donors (Lipinski definition) is 1. The molecule has 1 atom stereocenters. The van der Waals surface area contributed by atoms with Gasteiger partial charge >= 0.3 is 0 Å². The molecule has 164 valence electrons. The second kappa shape index (κ2) is 15.8. The van der Waals surface area contributed by atoms with Crippen molar-refractivity contribution in [1.82, 2.24) is 4.72 Å². The van der Waals surface area contributed by atoms with E-state index in [4.69, 9.17) is 0 Å². The van der Waals surface area contributed by atoms with Crippen molar-refractivity contribution in [2.24, 2.45) is 0 Å². The van der Waals surface area contributed by atoms with Gasteiger partial charge in [-0.05, 0) is 47.0 Å². The number of quaternary nitrogens is 1. The highest BCUT2D eigenvalue weighted by Gasteiger charge is 2.21. The number of sulfonamides is 1. The Labute approximate surface area is 171 Å². The first-order valence-electron chi connectivity index (χ1n) is 11.7. The SMILES string of the molecule is CCCCCCCCCCCS(=O)(=O)NC(C)CCC[N+](CC)(CC)CC. The molecule has 0 aliphatic carbocycles. The molecular weight excluding hydrogens is 356 g/mol. The van der Waals surface area contributed by atoms with Crippen molar-refractivity contribution < 1.29 is 12.9 Å². The first-order valence-corrected chi connectivity index (χ1v) is 13.3. The lowest BCUT2D eigenvalue weighted by atomic mass is 10.1. The molecule has 0 rings (SSSR count). The van der Waals surface area contributed by atoms with Gasteiger partial charge in [0.15, 0.2) is 0 Å². The predicted molar refractivity (Wildman–Crippen MR) is 120 cm³/mol. The van der Waals surface area contributed by atoms with Crippen molar-refractivity contribution in [2.75, 3.05) is 31.9 Å². The van der Waals surface area contributed by atoms with Crippen LogP contribution < -0.4 is 4.72 Å². The summed E-state index contributed by atoms with van der Waals surface area (Å²) >= 11 is 0. The Balaban J connectivity index is 3.88. The van der Waals surface area contributed by atoms with Crippen molar-refractivity contribution in [2.45, 2.75) is 111 Å². The zero-order valence-corrected chi connectivity index (χ0v) is 19.9. The van der Waals surface area contributed by atoms with Crippen LogP contribution in [0, 0.1) is 0 Å². The maximum atomic E-state index is 12.3. The predicted octanol–water partition coefficient (Wildman–Crippen LogP) is 5.48. The van der Waals surface area contributed by atoms with E-state index in [1.165, 1.54) is 44.9 Å². The molecule has 0 fully saturated rings. The molecule has 0 saturated heterocycles. The number of nitrogens with zero attached hydrogens (tertiary/aromatic N) is 1. The normalized spacial score (nSPS) is 13.8. The van der Waals surface area contributed by atoms with Crippen LogP contribution in [0.2, 0.25) is 0 Å². The van der Waals surface area contributed by atoms with Gasteiger partial charge in [0.25, 0.3) is 0 Å². The van der Waals surface area contributed by atoms with E-state index in [0.29, 0.717) is 0 Å². The van der Waals surface area contributed by atoms with Crippen LogP contribution in [0.3, 0.4) is 0 Å². The van der Waals surface area contributed by atoms with Crippen molar-refractivity contribution in [3.05, 3.63) is 0 Å². The van der Waals surface area contributed by atoms with Crippen molar-refractivity contribution in [1.29, 1.82) is 0 Å². The van der Waals surface area contributed by atoms with Crippen molar-refractivity contribution in [3.8, 4) is 0 Å². The van der Waals surface area contributed by atoms with Crippen molar-refractivity contribution in [3.63, 3.8) is 0 Å². The van der Waals surface area contributed by atoms with E-state index < -0.39 is 10.0 Å². The molecule has 0 radical (unpaired) electrons. The Morgan fingerprint density at radius 3 is 1.70 bits per heavy atom. The fourth-order valence-corrected chi connectivity index (χ4v) is 5.34. The molecule has 0 amide bonds. The van der Waals surface area contributed by atoms with E-state index in [2.05, 4.69) is 32.4 Å². The molecular formula is C22H49N2O2S+. The molecule has 0 spiro atoms. The highest BCUT2D eigenvalue weighted by Crippen LogP contribution is 2.12. The number of unbranched alkanes of at least 4 members (excludes halogenated alkanes) is 8. The zero-order chi connectivity index (χ0) is 20.6. The molecule has 0 heterocycles. The Bertz CT molecular complexity index is 425. The summed E-state index contributed by atoms with van der Waals surface area (Å²) in [5, 5.41) is 0. The standard InChI is InChI=1S/C22H49N2O2S/c1-6-10-11-12-13-14-15-16-17-21-27(25,26)23-22(5)19-18-20-24(7-2,8-3)9-4/h22-23H,6-21H2,1-5H3/q+1. The lowest BCUT2D eigenvalue weighted by Crippen LogP contribution is -2.48. The third kappa shape index (κ3) is 13.6. The molecule has 1 unspecified atom stereocenters. The summed E-state index contributed by atoms with van der Waals surface area (Å²) in [7, 11) is -3.12.